The van der Waals surface area contributed by atoms with E-state index in [9.17, 15) is 5.11 Å². The van der Waals surface area contributed by atoms with Gasteiger partial charge in [-0.15, -0.1) is 0 Å². The lowest BCUT2D eigenvalue weighted by Gasteiger charge is -2.15. The van der Waals surface area contributed by atoms with Crippen LogP contribution < -0.4 is 5.73 Å². The molecule has 3 heteroatoms. The van der Waals surface area contributed by atoms with Gasteiger partial charge in [0.25, 0.3) is 0 Å². The average Bonchev–Trinajstić information content (AvgIpc) is 2.28. The number of aromatic hydroxyl groups is 1. The summed E-state index contributed by atoms with van der Waals surface area (Å²) in [4.78, 5) is 2.16. The molecule has 1 aromatic rings. The highest BCUT2D eigenvalue weighted by Gasteiger charge is 2.10. The van der Waals surface area contributed by atoms with Crippen LogP contribution in [0.4, 0.5) is 0 Å². The first-order chi connectivity index (χ1) is 8.04. The zero-order valence-corrected chi connectivity index (χ0v) is 11.1. The Morgan fingerprint density at radius 3 is 2.65 bits per heavy atom. The van der Waals surface area contributed by atoms with Gasteiger partial charge in [-0.2, -0.15) is 0 Å². The van der Waals surface area contributed by atoms with Crippen LogP contribution in [0.5, 0.6) is 5.75 Å². The molecule has 1 rings (SSSR count). The fourth-order valence-corrected chi connectivity index (χ4v) is 1.91. The number of rotatable bonds is 6. The predicted octanol–water partition coefficient (Wildman–Crippen LogP) is 1.95. The first-order valence-corrected chi connectivity index (χ1v) is 6.21. The van der Waals surface area contributed by atoms with Crippen LogP contribution in [0.2, 0.25) is 0 Å². The van der Waals surface area contributed by atoms with Crippen molar-refractivity contribution in [3.05, 3.63) is 29.3 Å². The highest BCUT2D eigenvalue weighted by molar-refractivity contribution is 5.38. The Balaban J connectivity index is 2.78. The van der Waals surface area contributed by atoms with E-state index in [0.717, 1.165) is 24.9 Å². The highest BCUT2D eigenvalue weighted by atomic mass is 16.3. The summed E-state index contributed by atoms with van der Waals surface area (Å²) in [6.45, 7) is 3.79. The molecule has 17 heavy (non-hydrogen) atoms. The van der Waals surface area contributed by atoms with Crippen molar-refractivity contribution in [2.24, 2.45) is 5.73 Å². The second-order valence-corrected chi connectivity index (χ2v) is 4.92. The summed E-state index contributed by atoms with van der Waals surface area (Å²) in [6.07, 6.45) is 1.92. The van der Waals surface area contributed by atoms with Crippen molar-refractivity contribution in [2.45, 2.75) is 25.7 Å². The maximum Gasteiger partial charge on any atom is 0.119 e. The van der Waals surface area contributed by atoms with Gasteiger partial charge in [0.05, 0.1) is 0 Å². The van der Waals surface area contributed by atoms with E-state index in [1.54, 1.807) is 6.07 Å². The average molecular weight is 236 g/mol. The number of nitrogens with two attached hydrogens (primary N) is 1. The van der Waals surface area contributed by atoms with Crippen molar-refractivity contribution in [1.82, 2.24) is 4.90 Å². The highest BCUT2D eigenvalue weighted by Crippen LogP contribution is 2.28. The lowest BCUT2D eigenvalue weighted by atomic mass is 9.94. The van der Waals surface area contributed by atoms with Crippen molar-refractivity contribution < 1.29 is 5.11 Å². The number of hydrogen-bond donors (Lipinski definition) is 2. The Hall–Kier alpha value is -1.06. The lowest BCUT2D eigenvalue weighted by Crippen LogP contribution is -2.15. The molecule has 0 aliphatic rings. The van der Waals surface area contributed by atoms with E-state index in [-0.39, 0.29) is 0 Å². The third kappa shape index (κ3) is 4.36. The quantitative estimate of drug-likeness (QED) is 0.793. The topological polar surface area (TPSA) is 49.5 Å². The molecule has 3 nitrogen and oxygen atoms in total. The number of nitrogens with zero attached hydrogens (tertiary/aromatic N) is 1. The van der Waals surface area contributed by atoms with Gasteiger partial charge in [0.2, 0.25) is 0 Å². The SMILES string of the molecule is CC(CCN)c1cc(CCN(C)C)ccc1O. The molecule has 0 aliphatic heterocycles. The van der Waals surface area contributed by atoms with E-state index in [2.05, 4.69) is 32.0 Å². The first kappa shape index (κ1) is 14.0. The number of benzene rings is 1. The van der Waals surface area contributed by atoms with Gasteiger partial charge in [-0.05, 0) is 56.6 Å². The molecule has 1 atom stereocenters. The molecule has 0 saturated heterocycles. The molecule has 0 aromatic heterocycles. The van der Waals surface area contributed by atoms with Gasteiger partial charge in [0.1, 0.15) is 5.75 Å². The molecule has 96 valence electrons. The summed E-state index contributed by atoms with van der Waals surface area (Å²) in [7, 11) is 4.14. The van der Waals surface area contributed by atoms with Crippen molar-refractivity contribution in [2.75, 3.05) is 27.2 Å². The molecule has 0 radical (unpaired) electrons. The molecule has 1 unspecified atom stereocenters. The van der Waals surface area contributed by atoms with Crippen molar-refractivity contribution >= 4 is 0 Å². The van der Waals surface area contributed by atoms with Crippen LogP contribution in [0.15, 0.2) is 18.2 Å². The normalized spacial score (nSPS) is 13.0. The van der Waals surface area contributed by atoms with E-state index in [1.165, 1.54) is 5.56 Å². The summed E-state index contributed by atoms with van der Waals surface area (Å²) >= 11 is 0. The van der Waals surface area contributed by atoms with Gasteiger partial charge in [0.15, 0.2) is 0 Å². The van der Waals surface area contributed by atoms with Gasteiger partial charge in [0, 0.05) is 6.54 Å². The van der Waals surface area contributed by atoms with Crippen LogP contribution >= 0.6 is 0 Å². The summed E-state index contributed by atoms with van der Waals surface area (Å²) in [5.74, 6) is 0.707. The van der Waals surface area contributed by atoms with Crippen molar-refractivity contribution in [3.63, 3.8) is 0 Å². The van der Waals surface area contributed by atoms with Gasteiger partial charge in [-0.25, -0.2) is 0 Å². The minimum atomic E-state index is 0.319. The molecule has 0 aliphatic carbocycles. The molecule has 0 fully saturated rings. The van der Waals surface area contributed by atoms with Crippen molar-refractivity contribution in [3.8, 4) is 5.75 Å². The summed E-state index contributed by atoms with van der Waals surface area (Å²) in [5, 5.41) is 9.86. The molecule has 0 spiro atoms. The number of phenolic OH excluding ortho intramolecular Hbond substituents is 1. The van der Waals surface area contributed by atoms with Crippen LogP contribution in [0.3, 0.4) is 0 Å². The zero-order chi connectivity index (χ0) is 12.8. The first-order valence-electron chi connectivity index (χ1n) is 6.21. The molecule has 0 bridgehead atoms. The smallest absolute Gasteiger partial charge is 0.119 e. The van der Waals surface area contributed by atoms with E-state index in [4.69, 9.17) is 5.73 Å². The molecule has 1 aromatic carbocycles. The molecule has 0 heterocycles. The van der Waals surface area contributed by atoms with Gasteiger partial charge >= 0.3 is 0 Å². The Kier molecular flexibility index (Phi) is 5.45. The maximum absolute atomic E-state index is 9.86. The van der Waals surface area contributed by atoms with Crippen LogP contribution in [0, 0.1) is 0 Å². The monoisotopic (exact) mass is 236 g/mol. The van der Waals surface area contributed by atoms with Crippen LogP contribution in [0.25, 0.3) is 0 Å². The minimum Gasteiger partial charge on any atom is -0.508 e. The Morgan fingerprint density at radius 1 is 1.35 bits per heavy atom. The molecule has 0 amide bonds. The second-order valence-electron chi connectivity index (χ2n) is 4.92. The lowest BCUT2D eigenvalue weighted by molar-refractivity contribution is 0.413. The predicted molar refractivity (Wildman–Crippen MR) is 72.5 cm³/mol. The largest absolute Gasteiger partial charge is 0.508 e. The fraction of sp³-hybridized carbons (Fsp3) is 0.571. The third-order valence-corrected chi connectivity index (χ3v) is 3.07. The van der Waals surface area contributed by atoms with Crippen molar-refractivity contribution in [1.29, 1.82) is 0 Å². The van der Waals surface area contributed by atoms with Gasteiger partial charge in [-0.1, -0.05) is 19.1 Å². The molecular weight excluding hydrogens is 212 g/mol. The zero-order valence-electron chi connectivity index (χ0n) is 11.1. The van der Waals surface area contributed by atoms with Gasteiger partial charge in [-0.3, -0.25) is 0 Å². The Labute approximate surface area is 104 Å². The number of likely N-dealkylation sites (N-methyl/N-ethyl adjacent to an activating group) is 1. The third-order valence-electron chi connectivity index (χ3n) is 3.07. The van der Waals surface area contributed by atoms with E-state index in [0.29, 0.717) is 18.2 Å². The molecule has 0 saturated carbocycles. The standard InChI is InChI=1S/C14H24N2O/c1-11(6-8-15)13-10-12(4-5-14(13)17)7-9-16(2)3/h4-5,10-11,17H,6-9,15H2,1-3H3. The minimum absolute atomic E-state index is 0.319. The van der Waals surface area contributed by atoms with E-state index < -0.39 is 0 Å². The number of hydrogen-bond acceptors (Lipinski definition) is 3. The van der Waals surface area contributed by atoms with Crippen LogP contribution in [0.1, 0.15) is 30.4 Å². The van der Waals surface area contributed by atoms with E-state index >= 15 is 0 Å². The Bertz CT molecular complexity index is 350. The molecule has 3 N–H and O–H groups in total. The summed E-state index contributed by atoms with van der Waals surface area (Å²) < 4.78 is 0. The summed E-state index contributed by atoms with van der Waals surface area (Å²) in [6, 6.07) is 5.91. The van der Waals surface area contributed by atoms with Crippen LogP contribution in [-0.2, 0) is 6.42 Å². The molecular formula is C14H24N2O. The maximum atomic E-state index is 9.86. The van der Waals surface area contributed by atoms with E-state index in [1.807, 2.05) is 6.07 Å². The fourth-order valence-electron chi connectivity index (χ4n) is 1.91. The van der Waals surface area contributed by atoms with Gasteiger partial charge < -0.3 is 15.7 Å². The number of phenols is 1. The Morgan fingerprint density at radius 2 is 2.06 bits per heavy atom. The summed E-state index contributed by atoms with van der Waals surface area (Å²) in [5.41, 5.74) is 7.86. The second kappa shape index (κ2) is 6.62. The van der Waals surface area contributed by atoms with Crippen LogP contribution in [-0.4, -0.2) is 37.2 Å².